The van der Waals surface area contributed by atoms with Gasteiger partial charge in [0.1, 0.15) is 5.75 Å². The molecule has 2 heterocycles. The molecule has 0 saturated heterocycles. The standard InChI is InChI=1S/C20H19ClN2O4S/c1-25-7-6-23-19(24)16-4-2-3-5-17(16)22-20(23)28-11-14-9-15(21)8-13-10-26-12-27-18(13)14/h2-5,8-9H,6-7,10-12H2,1H3. The third-order valence-corrected chi connectivity index (χ3v) is 5.70. The Morgan fingerprint density at radius 3 is 3.04 bits per heavy atom. The van der Waals surface area contributed by atoms with Gasteiger partial charge in [0.05, 0.1) is 30.7 Å². The largest absolute Gasteiger partial charge is 0.467 e. The number of halogens is 1. The van der Waals surface area contributed by atoms with E-state index in [2.05, 4.69) is 0 Å². The second-order valence-corrected chi connectivity index (χ2v) is 7.69. The second-order valence-electron chi connectivity index (χ2n) is 6.31. The fourth-order valence-electron chi connectivity index (χ4n) is 3.14. The summed E-state index contributed by atoms with van der Waals surface area (Å²) < 4.78 is 17.9. The molecule has 6 nitrogen and oxygen atoms in total. The van der Waals surface area contributed by atoms with Crippen LogP contribution in [0.4, 0.5) is 0 Å². The highest BCUT2D eigenvalue weighted by atomic mass is 35.5. The van der Waals surface area contributed by atoms with Crippen LogP contribution in [0.5, 0.6) is 5.75 Å². The first-order valence-electron chi connectivity index (χ1n) is 8.80. The van der Waals surface area contributed by atoms with Gasteiger partial charge in [0.25, 0.3) is 5.56 Å². The zero-order valence-corrected chi connectivity index (χ0v) is 16.9. The molecule has 0 atom stereocenters. The van der Waals surface area contributed by atoms with E-state index in [4.69, 9.17) is 30.8 Å². The van der Waals surface area contributed by atoms with Crippen molar-refractivity contribution in [2.24, 2.45) is 0 Å². The molecule has 146 valence electrons. The van der Waals surface area contributed by atoms with Crippen molar-refractivity contribution >= 4 is 34.3 Å². The molecule has 0 fully saturated rings. The zero-order chi connectivity index (χ0) is 19.5. The molecule has 0 unspecified atom stereocenters. The molecule has 8 heteroatoms. The van der Waals surface area contributed by atoms with E-state index in [1.165, 1.54) is 11.8 Å². The Bertz CT molecular complexity index is 1070. The van der Waals surface area contributed by atoms with Crippen LogP contribution < -0.4 is 10.3 Å². The molecule has 0 aliphatic carbocycles. The predicted octanol–water partition coefficient (Wildman–Crippen LogP) is 3.86. The number of nitrogens with zero attached hydrogens (tertiary/aromatic N) is 2. The number of aromatic nitrogens is 2. The molecule has 0 amide bonds. The normalized spacial score (nSPS) is 13.4. The maximum absolute atomic E-state index is 12.9. The Labute approximate surface area is 171 Å². The Hall–Kier alpha value is -2.06. The third-order valence-electron chi connectivity index (χ3n) is 4.45. The van der Waals surface area contributed by atoms with Crippen molar-refractivity contribution in [2.75, 3.05) is 20.5 Å². The minimum absolute atomic E-state index is 0.0667. The van der Waals surface area contributed by atoms with E-state index >= 15 is 0 Å². The fourth-order valence-corrected chi connectivity index (χ4v) is 4.40. The topological polar surface area (TPSA) is 62.6 Å². The molecule has 0 bridgehead atoms. The molecule has 0 N–H and O–H groups in total. The smallest absolute Gasteiger partial charge is 0.262 e. The zero-order valence-electron chi connectivity index (χ0n) is 15.3. The van der Waals surface area contributed by atoms with Gasteiger partial charge in [-0.3, -0.25) is 9.36 Å². The molecule has 0 spiro atoms. The molecular weight excluding hydrogens is 400 g/mol. The molecular formula is C20H19ClN2O4S. The number of para-hydroxylation sites is 1. The SMILES string of the molecule is COCCn1c(SCc2cc(Cl)cc3c2OCOC3)nc2ccccc2c1=O. The van der Waals surface area contributed by atoms with E-state index in [0.29, 0.717) is 46.6 Å². The molecule has 0 radical (unpaired) electrons. The summed E-state index contributed by atoms with van der Waals surface area (Å²) in [6, 6.07) is 11.1. The Balaban J connectivity index is 1.70. The average Bonchev–Trinajstić information content (AvgIpc) is 2.71. The summed E-state index contributed by atoms with van der Waals surface area (Å²) in [6.45, 7) is 1.56. The van der Waals surface area contributed by atoms with Crippen molar-refractivity contribution in [3.05, 3.63) is 62.9 Å². The molecule has 2 aromatic carbocycles. The Morgan fingerprint density at radius 1 is 1.32 bits per heavy atom. The first kappa shape index (κ1) is 19.3. The van der Waals surface area contributed by atoms with E-state index in [1.807, 2.05) is 30.3 Å². The van der Waals surface area contributed by atoms with Crippen molar-refractivity contribution in [3.63, 3.8) is 0 Å². The van der Waals surface area contributed by atoms with Crippen LogP contribution in [0.2, 0.25) is 5.02 Å². The minimum Gasteiger partial charge on any atom is -0.467 e. The summed E-state index contributed by atoms with van der Waals surface area (Å²) in [6.07, 6.45) is 0. The lowest BCUT2D eigenvalue weighted by Gasteiger charge is -2.21. The van der Waals surface area contributed by atoms with Crippen LogP contribution in [-0.2, 0) is 28.4 Å². The summed E-state index contributed by atoms with van der Waals surface area (Å²) in [5, 5.41) is 1.87. The van der Waals surface area contributed by atoms with Gasteiger partial charge >= 0.3 is 0 Å². The van der Waals surface area contributed by atoms with Crippen LogP contribution in [0.1, 0.15) is 11.1 Å². The Kier molecular flexibility index (Phi) is 5.87. The lowest BCUT2D eigenvalue weighted by Crippen LogP contribution is -2.25. The fraction of sp³-hybridized carbons (Fsp3) is 0.300. The number of ether oxygens (including phenoxy) is 3. The van der Waals surface area contributed by atoms with E-state index in [0.717, 1.165) is 16.9 Å². The van der Waals surface area contributed by atoms with E-state index in [-0.39, 0.29) is 12.4 Å². The van der Waals surface area contributed by atoms with Crippen molar-refractivity contribution in [3.8, 4) is 5.75 Å². The quantitative estimate of drug-likeness (QED) is 0.447. The van der Waals surface area contributed by atoms with Crippen molar-refractivity contribution in [2.45, 2.75) is 24.1 Å². The molecule has 4 rings (SSSR count). The highest BCUT2D eigenvalue weighted by molar-refractivity contribution is 7.98. The highest BCUT2D eigenvalue weighted by Crippen LogP contribution is 2.35. The van der Waals surface area contributed by atoms with Gasteiger partial charge in [-0.1, -0.05) is 35.5 Å². The van der Waals surface area contributed by atoms with Crippen LogP contribution >= 0.6 is 23.4 Å². The number of hydrogen-bond donors (Lipinski definition) is 0. The van der Waals surface area contributed by atoms with Gasteiger partial charge in [-0.25, -0.2) is 4.98 Å². The predicted molar refractivity (Wildman–Crippen MR) is 109 cm³/mol. The van der Waals surface area contributed by atoms with Crippen molar-refractivity contribution in [1.29, 1.82) is 0 Å². The maximum atomic E-state index is 12.9. The number of benzene rings is 2. The number of methoxy groups -OCH3 is 1. The number of rotatable bonds is 6. The summed E-state index contributed by atoms with van der Waals surface area (Å²) in [5.74, 6) is 1.37. The average molecular weight is 419 g/mol. The number of hydrogen-bond acceptors (Lipinski definition) is 6. The van der Waals surface area contributed by atoms with Crippen LogP contribution in [0.25, 0.3) is 10.9 Å². The van der Waals surface area contributed by atoms with Gasteiger partial charge in [-0.2, -0.15) is 0 Å². The number of fused-ring (bicyclic) bond motifs is 2. The molecule has 28 heavy (non-hydrogen) atoms. The maximum Gasteiger partial charge on any atom is 0.262 e. The molecule has 1 aliphatic heterocycles. The second kappa shape index (κ2) is 8.53. The van der Waals surface area contributed by atoms with Gasteiger partial charge in [-0.15, -0.1) is 0 Å². The summed E-state index contributed by atoms with van der Waals surface area (Å²) in [7, 11) is 1.62. The first-order valence-corrected chi connectivity index (χ1v) is 10.2. The summed E-state index contributed by atoms with van der Waals surface area (Å²) in [4.78, 5) is 17.7. The van der Waals surface area contributed by atoms with E-state index in [9.17, 15) is 4.79 Å². The van der Waals surface area contributed by atoms with Crippen LogP contribution in [-0.4, -0.2) is 30.1 Å². The highest BCUT2D eigenvalue weighted by Gasteiger charge is 2.18. The van der Waals surface area contributed by atoms with Gasteiger partial charge < -0.3 is 14.2 Å². The van der Waals surface area contributed by atoms with Crippen molar-refractivity contribution < 1.29 is 14.2 Å². The van der Waals surface area contributed by atoms with Gasteiger partial charge in [0.15, 0.2) is 11.9 Å². The van der Waals surface area contributed by atoms with Gasteiger partial charge in [0, 0.05) is 29.0 Å². The van der Waals surface area contributed by atoms with Crippen LogP contribution in [0, 0.1) is 0 Å². The molecule has 0 saturated carbocycles. The first-order chi connectivity index (χ1) is 13.7. The minimum atomic E-state index is -0.0667. The van der Waals surface area contributed by atoms with E-state index < -0.39 is 0 Å². The lowest BCUT2D eigenvalue weighted by molar-refractivity contribution is -0.0168. The monoisotopic (exact) mass is 418 g/mol. The van der Waals surface area contributed by atoms with Crippen LogP contribution in [0.3, 0.4) is 0 Å². The van der Waals surface area contributed by atoms with Crippen LogP contribution in [0.15, 0.2) is 46.3 Å². The van der Waals surface area contributed by atoms with Gasteiger partial charge in [-0.05, 0) is 24.3 Å². The van der Waals surface area contributed by atoms with Crippen molar-refractivity contribution in [1.82, 2.24) is 9.55 Å². The summed E-state index contributed by atoms with van der Waals surface area (Å²) >= 11 is 7.74. The molecule has 1 aromatic heterocycles. The molecule has 1 aliphatic rings. The molecule has 3 aromatic rings. The number of thioether (sulfide) groups is 1. The lowest BCUT2D eigenvalue weighted by atomic mass is 10.1. The summed E-state index contributed by atoms with van der Waals surface area (Å²) in [5.41, 5.74) is 2.50. The third kappa shape index (κ3) is 3.89. The van der Waals surface area contributed by atoms with Gasteiger partial charge in [0.2, 0.25) is 0 Å². The van der Waals surface area contributed by atoms with E-state index in [1.54, 1.807) is 17.7 Å². The Morgan fingerprint density at radius 2 is 2.18 bits per heavy atom.